The molecule has 1 saturated heterocycles. The Morgan fingerprint density at radius 3 is 3.11 bits per heavy atom. The molecule has 3 aliphatic rings. The number of ether oxygens (including phenoxy) is 1. The molecule has 2 heterocycles. The average molecular weight is 247 g/mol. The summed E-state index contributed by atoms with van der Waals surface area (Å²) in [5, 5.41) is 10.8. The van der Waals surface area contributed by atoms with Crippen LogP contribution in [0.4, 0.5) is 0 Å². The molecule has 1 aromatic heterocycles. The molecule has 3 atom stereocenters. The fourth-order valence-corrected chi connectivity index (χ4v) is 4.61. The van der Waals surface area contributed by atoms with Gasteiger partial charge >= 0.3 is 0 Å². The minimum Gasteiger partial charge on any atom is -0.377 e. The standard InChI is InChI=1S/C14H21N3O/c1-2-6-14(5-1)12(11-4-8-18-13(11)14)15-9-10-3-7-16-17-10/h3,7,11-13,15H,1-2,4-6,8-9H2,(H,16,17)/t11-,12?,13-/m0/s1. The topological polar surface area (TPSA) is 49.9 Å². The SMILES string of the molecule is c1cc(CNC2[C@@H]3CCO[C@@H]3C23CCCC3)[nH]n1. The first-order valence-electron chi connectivity index (χ1n) is 7.23. The van der Waals surface area contributed by atoms with Crippen molar-refractivity contribution in [3.05, 3.63) is 18.0 Å². The minimum atomic E-state index is 0.460. The van der Waals surface area contributed by atoms with E-state index < -0.39 is 0 Å². The molecule has 18 heavy (non-hydrogen) atoms. The van der Waals surface area contributed by atoms with E-state index in [0.717, 1.165) is 19.1 Å². The monoisotopic (exact) mass is 247 g/mol. The molecular weight excluding hydrogens is 226 g/mol. The van der Waals surface area contributed by atoms with Crippen molar-refractivity contribution < 1.29 is 4.74 Å². The first kappa shape index (κ1) is 11.0. The molecular formula is C14H21N3O. The number of rotatable bonds is 3. The molecule has 1 spiro atoms. The highest BCUT2D eigenvalue weighted by molar-refractivity contribution is 5.17. The number of aromatic amines is 1. The molecule has 3 fully saturated rings. The highest BCUT2D eigenvalue weighted by Crippen LogP contribution is 2.60. The van der Waals surface area contributed by atoms with E-state index in [-0.39, 0.29) is 0 Å². The Labute approximate surface area is 107 Å². The van der Waals surface area contributed by atoms with Gasteiger partial charge in [0.2, 0.25) is 0 Å². The molecule has 0 amide bonds. The second kappa shape index (κ2) is 4.07. The lowest BCUT2D eigenvalue weighted by Gasteiger charge is -2.57. The zero-order valence-electron chi connectivity index (χ0n) is 10.7. The Morgan fingerprint density at radius 1 is 1.44 bits per heavy atom. The van der Waals surface area contributed by atoms with Gasteiger partial charge in [-0.15, -0.1) is 0 Å². The fourth-order valence-electron chi connectivity index (χ4n) is 4.61. The van der Waals surface area contributed by atoms with E-state index in [1.807, 2.05) is 6.20 Å². The van der Waals surface area contributed by atoms with E-state index in [1.54, 1.807) is 0 Å². The van der Waals surface area contributed by atoms with Gasteiger partial charge in [0.25, 0.3) is 0 Å². The molecule has 2 aliphatic carbocycles. The van der Waals surface area contributed by atoms with Crippen LogP contribution in [-0.4, -0.2) is 29.0 Å². The predicted octanol–water partition coefficient (Wildman–Crippen LogP) is 1.85. The Morgan fingerprint density at radius 2 is 2.33 bits per heavy atom. The van der Waals surface area contributed by atoms with Gasteiger partial charge in [-0.25, -0.2) is 0 Å². The molecule has 2 N–H and O–H groups in total. The van der Waals surface area contributed by atoms with Gasteiger partial charge in [-0.2, -0.15) is 5.10 Å². The largest absolute Gasteiger partial charge is 0.377 e. The van der Waals surface area contributed by atoms with Crippen molar-refractivity contribution in [2.75, 3.05) is 6.61 Å². The van der Waals surface area contributed by atoms with E-state index in [2.05, 4.69) is 21.6 Å². The Kier molecular flexibility index (Phi) is 2.49. The number of fused-ring (bicyclic) bond motifs is 2. The van der Waals surface area contributed by atoms with Crippen LogP contribution in [0.15, 0.2) is 12.3 Å². The van der Waals surface area contributed by atoms with E-state index >= 15 is 0 Å². The van der Waals surface area contributed by atoms with Crippen molar-refractivity contribution in [2.45, 2.75) is 50.8 Å². The maximum atomic E-state index is 6.00. The van der Waals surface area contributed by atoms with Gasteiger partial charge < -0.3 is 10.1 Å². The maximum Gasteiger partial charge on any atom is 0.0690 e. The van der Waals surface area contributed by atoms with Gasteiger partial charge in [-0.1, -0.05) is 12.8 Å². The molecule has 2 saturated carbocycles. The fraction of sp³-hybridized carbons (Fsp3) is 0.786. The third-order valence-corrected chi connectivity index (χ3v) is 5.36. The molecule has 1 aromatic rings. The molecule has 98 valence electrons. The minimum absolute atomic E-state index is 0.460. The van der Waals surface area contributed by atoms with Gasteiger partial charge in [-0.3, -0.25) is 5.10 Å². The van der Waals surface area contributed by atoms with E-state index in [1.165, 1.54) is 37.8 Å². The third kappa shape index (κ3) is 1.42. The predicted molar refractivity (Wildman–Crippen MR) is 68.0 cm³/mol. The van der Waals surface area contributed by atoms with E-state index in [0.29, 0.717) is 17.6 Å². The lowest BCUT2D eigenvalue weighted by molar-refractivity contribution is -0.131. The van der Waals surface area contributed by atoms with Crippen molar-refractivity contribution in [3.63, 3.8) is 0 Å². The average Bonchev–Trinajstić information content (AvgIpc) is 3.10. The van der Waals surface area contributed by atoms with Crippen molar-refractivity contribution in [2.24, 2.45) is 11.3 Å². The van der Waals surface area contributed by atoms with E-state index in [4.69, 9.17) is 4.74 Å². The van der Waals surface area contributed by atoms with Crippen LogP contribution in [0.25, 0.3) is 0 Å². The van der Waals surface area contributed by atoms with Crippen molar-refractivity contribution in [1.82, 2.24) is 15.5 Å². The van der Waals surface area contributed by atoms with Crippen LogP contribution in [0.5, 0.6) is 0 Å². The van der Waals surface area contributed by atoms with Gasteiger partial charge in [0.05, 0.1) is 6.10 Å². The normalized spacial score (nSPS) is 36.8. The summed E-state index contributed by atoms with van der Waals surface area (Å²) in [6.45, 7) is 1.88. The number of aromatic nitrogens is 2. The summed E-state index contributed by atoms with van der Waals surface area (Å²) in [5.41, 5.74) is 1.65. The van der Waals surface area contributed by atoms with Crippen LogP contribution in [0.2, 0.25) is 0 Å². The van der Waals surface area contributed by atoms with Crippen molar-refractivity contribution in [3.8, 4) is 0 Å². The zero-order chi connectivity index (χ0) is 12.0. The molecule has 1 aliphatic heterocycles. The summed E-state index contributed by atoms with van der Waals surface area (Å²) in [4.78, 5) is 0. The number of nitrogens with zero attached hydrogens (tertiary/aromatic N) is 1. The highest BCUT2D eigenvalue weighted by atomic mass is 16.5. The second-order valence-corrected chi connectivity index (χ2v) is 6.12. The van der Waals surface area contributed by atoms with Crippen LogP contribution in [-0.2, 0) is 11.3 Å². The Hall–Kier alpha value is -0.870. The van der Waals surface area contributed by atoms with Crippen molar-refractivity contribution in [1.29, 1.82) is 0 Å². The summed E-state index contributed by atoms with van der Waals surface area (Å²) < 4.78 is 6.00. The van der Waals surface area contributed by atoms with Gasteiger partial charge in [-0.05, 0) is 25.3 Å². The van der Waals surface area contributed by atoms with Gasteiger partial charge in [0.15, 0.2) is 0 Å². The number of nitrogens with one attached hydrogen (secondary N) is 2. The first-order valence-corrected chi connectivity index (χ1v) is 7.23. The quantitative estimate of drug-likeness (QED) is 0.857. The highest BCUT2D eigenvalue weighted by Gasteiger charge is 2.64. The van der Waals surface area contributed by atoms with Crippen LogP contribution < -0.4 is 5.32 Å². The van der Waals surface area contributed by atoms with Gasteiger partial charge in [0, 0.05) is 42.4 Å². The molecule has 4 nitrogen and oxygen atoms in total. The molecule has 0 bridgehead atoms. The molecule has 0 aromatic carbocycles. The first-order chi connectivity index (χ1) is 8.90. The summed E-state index contributed by atoms with van der Waals surface area (Å²) in [5.74, 6) is 0.756. The van der Waals surface area contributed by atoms with Crippen LogP contribution >= 0.6 is 0 Å². The number of H-pyrrole nitrogens is 1. The summed E-state index contributed by atoms with van der Waals surface area (Å²) >= 11 is 0. The molecule has 1 unspecified atom stereocenters. The third-order valence-electron chi connectivity index (χ3n) is 5.36. The number of hydrogen-bond acceptors (Lipinski definition) is 3. The van der Waals surface area contributed by atoms with Crippen molar-refractivity contribution >= 4 is 0 Å². The molecule has 0 radical (unpaired) electrons. The molecule has 4 heteroatoms. The Balaban J connectivity index is 1.48. The summed E-state index contributed by atoms with van der Waals surface area (Å²) in [6, 6.07) is 2.71. The lowest BCUT2D eigenvalue weighted by Crippen LogP contribution is -2.67. The Bertz CT molecular complexity index is 411. The smallest absolute Gasteiger partial charge is 0.0690 e. The summed E-state index contributed by atoms with van der Waals surface area (Å²) in [7, 11) is 0. The zero-order valence-corrected chi connectivity index (χ0v) is 10.7. The van der Waals surface area contributed by atoms with Crippen LogP contribution in [0.1, 0.15) is 37.8 Å². The van der Waals surface area contributed by atoms with Gasteiger partial charge in [0.1, 0.15) is 0 Å². The maximum absolute atomic E-state index is 6.00. The number of hydrogen-bond donors (Lipinski definition) is 2. The van der Waals surface area contributed by atoms with Crippen LogP contribution in [0.3, 0.4) is 0 Å². The molecule has 4 rings (SSSR count). The second-order valence-electron chi connectivity index (χ2n) is 6.12. The summed E-state index contributed by atoms with van der Waals surface area (Å²) in [6.07, 6.45) is 9.10. The van der Waals surface area contributed by atoms with E-state index in [9.17, 15) is 0 Å². The lowest BCUT2D eigenvalue weighted by atomic mass is 9.54. The van der Waals surface area contributed by atoms with Crippen LogP contribution in [0, 0.1) is 11.3 Å².